The number of likely N-dealkylation sites (tertiary alicyclic amines) is 1. The fourth-order valence-corrected chi connectivity index (χ4v) is 5.45. The molecule has 140 valence electrons. The highest BCUT2D eigenvalue weighted by Crippen LogP contribution is 2.35. The fraction of sp³-hybridized carbons (Fsp3) is 0.421. The summed E-state index contributed by atoms with van der Waals surface area (Å²) in [5.41, 5.74) is 1.08. The summed E-state index contributed by atoms with van der Waals surface area (Å²) in [6.45, 7) is 2.14. The van der Waals surface area contributed by atoms with E-state index in [9.17, 15) is 14.4 Å². The number of benzene rings is 1. The van der Waals surface area contributed by atoms with Gasteiger partial charge in [-0.3, -0.25) is 9.59 Å². The summed E-state index contributed by atoms with van der Waals surface area (Å²) in [6, 6.07) is 5.65. The van der Waals surface area contributed by atoms with Crippen LogP contribution in [0, 0.1) is 0 Å². The van der Waals surface area contributed by atoms with Gasteiger partial charge < -0.3 is 19.9 Å². The number of hydrogen-bond donors (Lipinski definition) is 1. The maximum absolute atomic E-state index is 13.0. The van der Waals surface area contributed by atoms with Crippen molar-refractivity contribution in [3.8, 4) is 0 Å². The molecular weight excluding hydrogens is 366 g/mol. The van der Waals surface area contributed by atoms with E-state index in [0.717, 1.165) is 26.9 Å². The zero-order valence-corrected chi connectivity index (χ0v) is 15.7. The van der Waals surface area contributed by atoms with E-state index in [1.807, 2.05) is 18.2 Å². The van der Waals surface area contributed by atoms with Gasteiger partial charge in [0.1, 0.15) is 0 Å². The van der Waals surface area contributed by atoms with Gasteiger partial charge in [0.25, 0.3) is 11.8 Å². The Morgan fingerprint density at radius 2 is 2.15 bits per heavy atom. The van der Waals surface area contributed by atoms with E-state index in [0.29, 0.717) is 38.2 Å². The number of rotatable bonds is 1. The second kappa shape index (κ2) is 5.69. The number of carbonyl (C=O) groups is 3. The summed E-state index contributed by atoms with van der Waals surface area (Å²) >= 11 is 1.48. The molecule has 2 fully saturated rings. The van der Waals surface area contributed by atoms with Gasteiger partial charge in [0.05, 0.1) is 18.0 Å². The Morgan fingerprint density at radius 1 is 1.30 bits per heavy atom. The number of thiophene rings is 1. The molecule has 1 N–H and O–H groups in total. The zero-order valence-electron chi connectivity index (χ0n) is 14.9. The summed E-state index contributed by atoms with van der Waals surface area (Å²) in [5.74, 6) is -0.0847. The molecule has 4 heterocycles. The quantitative estimate of drug-likeness (QED) is 0.813. The summed E-state index contributed by atoms with van der Waals surface area (Å²) in [6.07, 6.45) is 1.12. The Labute approximate surface area is 159 Å². The highest BCUT2D eigenvalue weighted by Gasteiger charge is 2.49. The van der Waals surface area contributed by atoms with Crippen molar-refractivity contribution < 1.29 is 19.1 Å². The van der Waals surface area contributed by atoms with E-state index in [1.165, 1.54) is 11.3 Å². The standard InChI is InChI=1S/C19H19N3O4S/c1-21-9-19(26-18(21)25)5-7-22(10-19)17(24)11-2-3-14-13(8-11)12-4-6-20-16(23)15(12)27-14/h2-3,8H,4-7,9-10H2,1H3,(H,20,23)/t19-/m1/s1. The second-order valence-corrected chi connectivity index (χ2v) is 8.56. The van der Waals surface area contributed by atoms with Crippen LogP contribution in [0.4, 0.5) is 4.79 Å². The van der Waals surface area contributed by atoms with Crippen molar-refractivity contribution >= 4 is 39.3 Å². The molecule has 0 saturated carbocycles. The Kier molecular flexibility index (Phi) is 3.49. The van der Waals surface area contributed by atoms with E-state index in [1.54, 1.807) is 16.8 Å². The first-order valence-corrected chi connectivity index (χ1v) is 9.84. The van der Waals surface area contributed by atoms with E-state index in [2.05, 4.69) is 5.32 Å². The van der Waals surface area contributed by atoms with Crippen LogP contribution < -0.4 is 5.32 Å². The molecule has 0 bridgehead atoms. The first-order valence-electron chi connectivity index (χ1n) is 9.03. The van der Waals surface area contributed by atoms with Gasteiger partial charge in [-0.25, -0.2) is 4.79 Å². The number of carbonyl (C=O) groups excluding carboxylic acids is 3. The number of nitrogens with one attached hydrogen (secondary N) is 1. The molecular formula is C19H19N3O4S. The van der Waals surface area contributed by atoms with Crippen molar-refractivity contribution in [1.82, 2.24) is 15.1 Å². The Bertz CT molecular complexity index is 1000. The van der Waals surface area contributed by atoms with Crippen molar-refractivity contribution in [3.63, 3.8) is 0 Å². The molecule has 8 heteroatoms. The highest BCUT2D eigenvalue weighted by atomic mass is 32.1. The van der Waals surface area contributed by atoms with Gasteiger partial charge in [0, 0.05) is 36.8 Å². The normalized spacial score (nSPS) is 24.5. The maximum Gasteiger partial charge on any atom is 0.410 e. The summed E-state index contributed by atoms with van der Waals surface area (Å²) in [5, 5.41) is 3.86. The largest absolute Gasteiger partial charge is 0.439 e. The molecule has 0 radical (unpaired) electrons. The molecule has 1 spiro atoms. The lowest BCUT2D eigenvalue weighted by Gasteiger charge is -2.22. The van der Waals surface area contributed by atoms with E-state index >= 15 is 0 Å². The molecule has 7 nitrogen and oxygen atoms in total. The van der Waals surface area contributed by atoms with E-state index in [4.69, 9.17) is 4.74 Å². The lowest BCUT2D eigenvalue weighted by Crippen LogP contribution is -2.39. The summed E-state index contributed by atoms with van der Waals surface area (Å²) in [7, 11) is 1.71. The molecule has 2 saturated heterocycles. The first-order chi connectivity index (χ1) is 13.0. The number of amides is 3. The average molecular weight is 385 g/mol. The smallest absolute Gasteiger partial charge is 0.410 e. The molecule has 3 amide bonds. The average Bonchev–Trinajstić information content (AvgIpc) is 3.31. The fourth-order valence-electron chi connectivity index (χ4n) is 4.30. The van der Waals surface area contributed by atoms with Crippen molar-refractivity contribution in [2.24, 2.45) is 0 Å². The van der Waals surface area contributed by atoms with Crippen LogP contribution >= 0.6 is 11.3 Å². The van der Waals surface area contributed by atoms with Crippen LogP contribution in [-0.2, 0) is 11.2 Å². The van der Waals surface area contributed by atoms with E-state index < -0.39 is 5.60 Å². The minimum Gasteiger partial charge on any atom is -0.439 e. The predicted octanol–water partition coefficient (Wildman–Crippen LogP) is 1.85. The Hall–Kier alpha value is -2.61. The number of fused-ring (bicyclic) bond motifs is 3. The van der Waals surface area contributed by atoms with Crippen molar-refractivity contribution in [2.45, 2.75) is 18.4 Å². The minimum atomic E-state index is -0.578. The Morgan fingerprint density at radius 3 is 2.93 bits per heavy atom. The van der Waals surface area contributed by atoms with Crippen molar-refractivity contribution in [1.29, 1.82) is 0 Å². The number of likely N-dealkylation sites (N-methyl/N-ethyl adjacent to an activating group) is 1. The molecule has 1 aromatic carbocycles. The van der Waals surface area contributed by atoms with E-state index in [-0.39, 0.29) is 17.9 Å². The van der Waals surface area contributed by atoms with Crippen LogP contribution in [0.2, 0.25) is 0 Å². The van der Waals surface area contributed by atoms with Crippen LogP contribution in [0.3, 0.4) is 0 Å². The minimum absolute atomic E-state index is 0.0287. The summed E-state index contributed by atoms with van der Waals surface area (Å²) in [4.78, 5) is 40.9. The molecule has 1 aromatic heterocycles. The van der Waals surface area contributed by atoms with Gasteiger partial charge in [-0.05, 0) is 35.6 Å². The lowest BCUT2D eigenvalue weighted by molar-refractivity contribution is 0.0553. The molecule has 0 unspecified atom stereocenters. The molecule has 3 aliphatic heterocycles. The molecule has 2 aromatic rings. The van der Waals surface area contributed by atoms with Gasteiger partial charge in [-0.2, -0.15) is 0 Å². The Balaban J connectivity index is 1.43. The SMILES string of the molecule is CN1C[C@@]2(CCN(C(=O)c3ccc4sc5c(c4c3)CCNC5=O)C2)OC1=O. The van der Waals surface area contributed by atoms with Gasteiger partial charge in [0.2, 0.25) is 0 Å². The number of hydrogen-bond acceptors (Lipinski definition) is 5. The molecule has 27 heavy (non-hydrogen) atoms. The van der Waals surface area contributed by atoms with Crippen LogP contribution in [0.15, 0.2) is 18.2 Å². The predicted molar refractivity (Wildman–Crippen MR) is 100 cm³/mol. The highest BCUT2D eigenvalue weighted by molar-refractivity contribution is 7.21. The second-order valence-electron chi connectivity index (χ2n) is 7.51. The topological polar surface area (TPSA) is 78.9 Å². The van der Waals surface area contributed by atoms with Crippen LogP contribution in [0.1, 0.15) is 32.0 Å². The molecule has 3 aliphatic rings. The number of ether oxygens (including phenoxy) is 1. The van der Waals surface area contributed by atoms with Gasteiger partial charge in [-0.15, -0.1) is 11.3 Å². The van der Waals surface area contributed by atoms with Crippen LogP contribution in [0.5, 0.6) is 0 Å². The third-order valence-corrected chi connectivity index (χ3v) is 6.86. The third kappa shape index (κ3) is 2.50. The monoisotopic (exact) mass is 385 g/mol. The van der Waals surface area contributed by atoms with Gasteiger partial charge in [-0.1, -0.05) is 0 Å². The van der Waals surface area contributed by atoms with Gasteiger partial charge >= 0.3 is 6.09 Å². The zero-order chi connectivity index (χ0) is 18.8. The third-order valence-electron chi connectivity index (χ3n) is 5.65. The van der Waals surface area contributed by atoms with Crippen LogP contribution in [0.25, 0.3) is 10.1 Å². The van der Waals surface area contributed by atoms with Crippen LogP contribution in [-0.4, -0.2) is 66.5 Å². The molecule has 1 atom stereocenters. The molecule has 5 rings (SSSR count). The lowest BCUT2D eigenvalue weighted by atomic mass is 10.0. The number of nitrogens with zero attached hydrogens (tertiary/aromatic N) is 2. The van der Waals surface area contributed by atoms with Crippen molar-refractivity contribution in [2.75, 3.05) is 33.2 Å². The first kappa shape index (κ1) is 16.6. The summed E-state index contributed by atoms with van der Waals surface area (Å²) < 4.78 is 6.56. The molecule has 0 aliphatic carbocycles. The maximum atomic E-state index is 13.0. The van der Waals surface area contributed by atoms with Gasteiger partial charge in [0.15, 0.2) is 5.60 Å². The van der Waals surface area contributed by atoms with Crippen molar-refractivity contribution in [3.05, 3.63) is 34.2 Å².